The molecule has 1 saturated carbocycles. The molecular formula is C10H15N3. The van der Waals surface area contributed by atoms with E-state index in [2.05, 4.69) is 34.7 Å². The molecule has 1 aromatic heterocycles. The third-order valence-corrected chi connectivity index (χ3v) is 3.55. The van der Waals surface area contributed by atoms with Crippen molar-refractivity contribution in [3.63, 3.8) is 0 Å². The number of hydrogen-bond acceptors (Lipinski definition) is 2. The summed E-state index contributed by atoms with van der Waals surface area (Å²) < 4.78 is 2.14. The molecule has 0 unspecified atom stereocenters. The Morgan fingerprint density at radius 2 is 2.15 bits per heavy atom. The quantitative estimate of drug-likeness (QED) is 0.599. The lowest BCUT2D eigenvalue weighted by atomic mass is 10.1. The lowest BCUT2D eigenvalue weighted by Gasteiger charge is -2.34. The average molecular weight is 177 g/mol. The fourth-order valence-electron chi connectivity index (χ4n) is 2.42. The van der Waals surface area contributed by atoms with E-state index in [0.29, 0.717) is 5.54 Å². The SMILES string of the molecule is Cc1cc2n(n1)CCC1(CC1)N2C. The molecule has 0 bridgehead atoms. The zero-order chi connectivity index (χ0) is 9.05. The van der Waals surface area contributed by atoms with E-state index in [1.54, 1.807) is 0 Å². The molecule has 0 radical (unpaired) electrons. The number of nitrogens with zero attached hydrogens (tertiary/aromatic N) is 3. The van der Waals surface area contributed by atoms with E-state index in [1.165, 1.54) is 25.1 Å². The van der Waals surface area contributed by atoms with Crippen molar-refractivity contribution in [3.8, 4) is 0 Å². The molecule has 0 saturated heterocycles. The minimum Gasteiger partial charge on any atom is -0.354 e. The molecule has 2 heterocycles. The van der Waals surface area contributed by atoms with Crippen LogP contribution in [0.3, 0.4) is 0 Å². The molecule has 70 valence electrons. The van der Waals surface area contributed by atoms with Crippen LogP contribution in [-0.2, 0) is 6.54 Å². The van der Waals surface area contributed by atoms with Crippen molar-refractivity contribution < 1.29 is 0 Å². The lowest BCUT2D eigenvalue weighted by molar-refractivity contribution is 0.433. The van der Waals surface area contributed by atoms with Crippen LogP contribution in [0.4, 0.5) is 5.82 Å². The number of aromatic nitrogens is 2. The Bertz CT molecular complexity index is 349. The van der Waals surface area contributed by atoms with Crippen LogP contribution in [0.25, 0.3) is 0 Å². The van der Waals surface area contributed by atoms with Crippen LogP contribution >= 0.6 is 0 Å². The van der Waals surface area contributed by atoms with Gasteiger partial charge in [-0.1, -0.05) is 0 Å². The molecule has 1 aliphatic carbocycles. The molecule has 2 aliphatic rings. The first-order valence-corrected chi connectivity index (χ1v) is 5.00. The monoisotopic (exact) mass is 177 g/mol. The largest absolute Gasteiger partial charge is 0.354 e. The third kappa shape index (κ3) is 0.872. The van der Waals surface area contributed by atoms with E-state index >= 15 is 0 Å². The summed E-state index contributed by atoms with van der Waals surface area (Å²) in [6, 6.07) is 2.19. The van der Waals surface area contributed by atoms with Gasteiger partial charge in [0.15, 0.2) is 0 Å². The van der Waals surface area contributed by atoms with Gasteiger partial charge in [0.1, 0.15) is 5.82 Å². The van der Waals surface area contributed by atoms with E-state index in [0.717, 1.165) is 12.2 Å². The smallest absolute Gasteiger partial charge is 0.127 e. The van der Waals surface area contributed by atoms with E-state index in [4.69, 9.17) is 0 Å². The highest BCUT2D eigenvalue weighted by molar-refractivity contribution is 5.47. The van der Waals surface area contributed by atoms with Gasteiger partial charge in [-0.15, -0.1) is 0 Å². The summed E-state index contributed by atoms with van der Waals surface area (Å²) >= 11 is 0. The molecule has 1 spiro atoms. The Kier molecular flexibility index (Phi) is 1.19. The van der Waals surface area contributed by atoms with Gasteiger partial charge in [-0.25, -0.2) is 4.68 Å². The van der Waals surface area contributed by atoms with Crippen molar-refractivity contribution in [2.45, 2.75) is 38.3 Å². The first-order valence-electron chi connectivity index (χ1n) is 5.00. The van der Waals surface area contributed by atoms with E-state index in [1.807, 2.05) is 0 Å². The molecule has 0 aromatic carbocycles. The Morgan fingerprint density at radius 3 is 2.85 bits per heavy atom. The summed E-state index contributed by atoms with van der Waals surface area (Å²) in [6.45, 7) is 3.17. The first kappa shape index (κ1) is 7.42. The lowest BCUT2D eigenvalue weighted by Crippen LogP contribution is -2.40. The summed E-state index contributed by atoms with van der Waals surface area (Å²) in [5.41, 5.74) is 1.65. The van der Waals surface area contributed by atoms with Gasteiger partial charge in [0.25, 0.3) is 0 Å². The standard InChI is InChI=1S/C10H15N3/c1-8-7-9-12(2)10(3-4-10)5-6-13(9)11-8/h7H,3-6H2,1-2H3. The maximum absolute atomic E-state index is 4.47. The van der Waals surface area contributed by atoms with Crippen LogP contribution in [0, 0.1) is 6.92 Å². The molecule has 0 N–H and O–H groups in total. The Hall–Kier alpha value is -0.990. The second-order valence-electron chi connectivity index (χ2n) is 4.40. The van der Waals surface area contributed by atoms with Gasteiger partial charge >= 0.3 is 0 Å². The summed E-state index contributed by atoms with van der Waals surface area (Å²) in [7, 11) is 2.21. The average Bonchev–Trinajstić information content (AvgIpc) is 2.78. The van der Waals surface area contributed by atoms with Gasteiger partial charge in [0, 0.05) is 25.2 Å². The Morgan fingerprint density at radius 1 is 1.38 bits per heavy atom. The maximum atomic E-state index is 4.47. The number of hydrogen-bond donors (Lipinski definition) is 0. The van der Waals surface area contributed by atoms with Crippen LogP contribution in [0.15, 0.2) is 6.07 Å². The Labute approximate surface area is 78.3 Å². The van der Waals surface area contributed by atoms with E-state index in [-0.39, 0.29) is 0 Å². The minimum atomic E-state index is 0.516. The molecule has 3 nitrogen and oxygen atoms in total. The fourth-order valence-corrected chi connectivity index (χ4v) is 2.42. The maximum Gasteiger partial charge on any atom is 0.127 e. The molecular weight excluding hydrogens is 162 g/mol. The summed E-state index contributed by atoms with van der Waals surface area (Å²) in [4.78, 5) is 2.43. The van der Waals surface area contributed by atoms with E-state index < -0.39 is 0 Å². The Balaban J connectivity index is 2.07. The number of anilines is 1. The van der Waals surface area contributed by atoms with Gasteiger partial charge in [-0.05, 0) is 26.2 Å². The van der Waals surface area contributed by atoms with Crippen molar-refractivity contribution in [2.75, 3.05) is 11.9 Å². The van der Waals surface area contributed by atoms with Gasteiger partial charge < -0.3 is 4.90 Å². The van der Waals surface area contributed by atoms with Crippen molar-refractivity contribution in [1.29, 1.82) is 0 Å². The second kappa shape index (κ2) is 2.08. The highest BCUT2D eigenvalue weighted by atomic mass is 15.4. The first-order chi connectivity index (χ1) is 6.21. The number of rotatable bonds is 0. The predicted octanol–water partition coefficient (Wildman–Crippen LogP) is 1.56. The second-order valence-corrected chi connectivity index (χ2v) is 4.40. The van der Waals surface area contributed by atoms with Gasteiger partial charge in [0.05, 0.1) is 5.69 Å². The third-order valence-electron chi connectivity index (χ3n) is 3.55. The van der Waals surface area contributed by atoms with Crippen molar-refractivity contribution in [1.82, 2.24) is 9.78 Å². The fraction of sp³-hybridized carbons (Fsp3) is 0.700. The van der Waals surface area contributed by atoms with Gasteiger partial charge in [-0.2, -0.15) is 5.10 Å². The highest BCUT2D eigenvalue weighted by Gasteiger charge is 2.49. The molecule has 3 rings (SSSR count). The van der Waals surface area contributed by atoms with Crippen LogP contribution in [0.2, 0.25) is 0 Å². The van der Waals surface area contributed by atoms with Crippen LogP contribution in [-0.4, -0.2) is 22.4 Å². The van der Waals surface area contributed by atoms with Crippen molar-refractivity contribution >= 4 is 5.82 Å². The number of aryl methyl sites for hydroxylation is 2. The zero-order valence-electron chi connectivity index (χ0n) is 8.25. The van der Waals surface area contributed by atoms with E-state index in [9.17, 15) is 0 Å². The zero-order valence-corrected chi connectivity index (χ0v) is 8.25. The molecule has 13 heavy (non-hydrogen) atoms. The highest BCUT2D eigenvalue weighted by Crippen LogP contribution is 2.48. The van der Waals surface area contributed by atoms with Crippen LogP contribution in [0.5, 0.6) is 0 Å². The predicted molar refractivity (Wildman–Crippen MR) is 51.9 cm³/mol. The molecule has 1 fully saturated rings. The molecule has 0 atom stereocenters. The molecule has 1 aliphatic heterocycles. The molecule has 1 aromatic rings. The summed E-state index contributed by atoms with van der Waals surface area (Å²) in [5, 5.41) is 4.47. The normalized spacial score (nSPS) is 23.4. The van der Waals surface area contributed by atoms with Crippen LogP contribution in [0.1, 0.15) is 25.0 Å². The van der Waals surface area contributed by atoms with Crippen molar-refractivity contribution in [3.05, 3.63) is 11.8 Å². The van der Waals surface area contributed by atoms with Gasteiger partial charge in [-0.3, -0.25) is 0 Å². The summed E-state index contributed by atoms with van der Waals surface area (Å²) in [5.74, 6) is 1.31. The minimum absolute atomic E-state index is 0.516. The number of fused-ring (bicyclic) bond motifs is 1. The molecule has 3 heteroatoms. The van der Waals surface area contributed by atoms with Crippen molar-refractivity contribution in [2.24, 2.45) is 0 Å². The van der Waals surface area contributed by atoms with Gasteiger partial charge in [0.2, 0.25) is 0 Å². The molecule has 0 amide bonds. The topological polar surface area (TPSA) is 21.1 Å². The summed E-state index contributed by atoms with van der Waals surface area (Å²) in [6.07, 6.45) is 4.01. The van der Waals surface area contributed by atoms with Crippen LogP contribution < -0.4 is 4.90 Å².